The van der Waals surface area contributed by atoms with Crippen LogP contribution in [0.5, 0.6) is 11.5 Å². The fourth-order valence-corrected chi connectivity index (χ4v) is 2.20. The van der Waals surface area contributed by atoms with Gasteiger partial charge in [-0.15, -0.1) is 0 Å². The lowest BCUT2D eigenvalue weighted by Crippen LogP contribution is -2.01. The Labute approximate surface area is 126 Å². The minimum absolute atomic E-state index is 0.0344. The molecule has 0 saturated heterocycles. The van der Waals surface area contributed by atoms with Crippen molar-refractivity contribution in [2.45, 2.75) is 26.4 Å². The minimum Gasteiger partial charge on any atom is -0.508 e. The van der Waals surface area contributed by atoms with E-state index in [1.165, 1.54) is 30.3 Å². The molecule has 112 valence electrons. The van der Waals surface area contributed by atoms with Crippen LogP contribution in [0.1, 0.15) is 24.5 Å². The number of hydrogen-bond donors (Lipinski definition) is 1. The lowest BCUT2D eigenvalue weighted by molar-refractivity contribution is 0.282. The Morgan fingerprint density at radius 3 is 2.62 bits per heavy atom. The maximum absolute atomic E-state index is 13.9. The molecule has 0 heterocycles. The van der Waals surface area contributed by atoms with E-state index in [-0.39, 0.29) is 28.7 Å². The zero-order valence-corrected chi connectivity index (χ0v) is 12.3. The molecule has 5 heteroatoms. The van der Waals surface area contributed by atoms with E-state index in [0.29, 0.717) is 12.0 Å². The van der Waals surface area contributed by atoms with Crippen molar-refractivity contribution < 1.29 is 18.6 Å². The number of aromatic hydroxyl groups is 1. The second-order valence-electron chi connectivity index (χ2n) is 4.65. The molecule has 0 amide bonds. The van der Waals surface area contributed by atoms with Gasteiger partial charge in [-0.3, -0.25) is 0 Å². The molecular weight excluding hydrogens is 298 g/mol. The second-order valence-corrected chi connectivity index (χ2v) is 5.06. The Morgan fingerprint density at radius 1 is 1.19 bits per heavy atom. The average molecular weight is 313 g/mol. The monoisotopic (exact) mass is 312 g/mol. The summed E-state index contributed by atoms with van der Waals surface area (Å²) in [6, 6.07) is 6.70. The van der Waals surface area contributed by atoms with Crippen molar-refractivity contribution in [3.8, 4) is 11.5 Å². The van der Waals surface area contributed by atoms with Crippen LogP contribution in [0.25, 0.3) is 0 Å². The first-order chi connectivity index (χ1) is 10.0. The molecule has 0 radical (unpaired) electrons. The summed E-state index contributed by atoms with van der Waals surface area (Å²) in [7, 11) is 0. The predicted octanol–water partition coefficient (Wildman–Crippen LogP) is 4.86. The van der Waals surface area contributed by atoms with Gasteiger partial charge in [0.05, 0.1) is 5.02 Å². The molecule has 0 aliphatic carbocycles. The molecule has 0 aliphatic rings. The van der Waals surface area contributed by atoms with Crippen molar-refractivity contribution in [1.29, 1.82) is 0 Å². The Bertz CT molecular complexity index is 624. The van der Waals surface area contributed by atoms with Gasteiger partial charge in [-0.25, -0.2) is 8.78 Å². The fourth-order valence-electron chi connectivity index (χ4n) is 1.98. The third-order valence-corrected chi connectivity index (χ3v) is 3.44. The standard InChI is InChI=1S/C16H15ClF2O2/c1-2-4-10-7-14(19)16(8-15(10)20)21-9-11-12(17)5-3-6-13(11)18/h3,5-8,20H,2,4,9H2,1H3. The highest BCUT2D eigenvalue weighted by Crippen LogP contribution is 2.29. The summed E-state index contributed by atoms with van der Waals surface area (Å²) < 4.78 is 32.7. The van der Waals surface area contributed by atoms with Gasteiger partial charge in [0.15, 0.2) is 11.6 Å². The predicted molar refractivity (Wildman–Crippen MR) is 77.8 cm³/mol. The van der Waals surface area contributed by atoms with E-state index in [0.717, 1.165) is 6.42 Å². The quantitative estimate of drug-likeness (QED) is 0.854. The summed E-state index contributed by atoms with van der Waals surface area (Å²) in [6.07, 6.45) is 1.36. The second kappa shape index (κ2) is 6.76. The molecule has 0 bridgehead atoms. The highest BCUT2D eigenvalue weighted by molar-refractivity contribution is 6.31. The fraction of sp³-hybridized carbons (Fsp3) is 0.250. The van der Waals surface area contributed by atoms with E-state index in [1.807, 2.05) is 6.92 Å². The Morgan fingerprint density at radius 2 is 1.95 bits per heavy atom. The van der Waals surface area contributed by atoms with Gasteiger partial charge in [0.1, 0.15) is 18.2 Å². The summed E-state index contributed by atoms with van der Waals surface area (Å²) in [5.41, 5.74) is 0.668. The van der Waals surface area contributed by atoms with Crippen molar-refractivity contribution in [2.24, 2.45) is 0 Å². The number of benzene rings is 2. The Hall–Kier alpha value is -1.81. The molecular formula is C16H15ClF2O2. The minimum atomic E-state index is -0.594. The maximum atomic E-state index is 13.9. The van der Waals surface area contributed by atoms with Crippen molar-refractivity contribution in [1.82, 2.24) is 0 Å². The molecule has 0 aliphatic heterocycles. The van der Waals surface area contributed by atoms with Crippen LogP contribution in [0.3, 0.4) is 0 Å². The topological polar surface area (TPSA) is 29.5 Å². The number of phenols is 1. The normalized spacial score (nSPS) is 10.7. The van der Waals surface area contributed by atoms with E-state index >= 15 is 0 Å². The zero-order chi connectivity index (χ0) is 15.4. The van der Waals surface area contributed by atoms with Crippen molar-refractivity contribution in [2.75, 3.05) is 0 Å². The summed E-state index contributed by atoms with van der Waals surface area (Å²) in [6.45, 7) is 1.72. The molecule has 1 N–H and O–H groups in total. The van der Waals surface area contributed by atoms with Crippen LogP contribution >= 0.6 is 11.6 Å². The first-order valence-corrected chi connectivity index (χ1v) is 6.97. The highest BCUT2D eigenvalue weighted by atomic mass is 35.5. The van der Waals surface area contributed by atoms with Crippen LogP contribution < -0.4 is 4.74 Å². The van der Waals surface area contributed by atoms with Crippen LogP contribution in [0.15, 0.2) is 30.3 Å². The van der Waals surface area contributed by atoms with Crippen molar-refractivity contribution >= 4 is 11.6 Å². The summed E-state index contributed by atoms with van der Waals surface area (Å²) >= 11 is 5.87. The molecule has 0 atom stereocenters. The van der Waals surface area contributed by atoms with Crippen LogP contribution in [0, 0.1) is 11.6 Å². The summed E-state index contributed by atoms with van der Waals surface area (Å²) in [4.78, 5) is 0. The Kier molecular flexibility index (Phi) is 5.02. The van der Waals surface area contributed by atoms with E-state index in [2.05, 4.69) is 0 Å². The van der Waals surface area contributed by atoms with Gasteiger partial charge in [-0.2, -0.15) is 0 Å². The van der Waals surface area contributed by atoms with Crippen LogP contribution in [0.4, 0.5) is 8.78 Å². The third-order valence-electron chi connectivity index (χ3n) is 3.09. The highest BCUT2D eigenvalue weighted by Gasteiger charge is 2.12. The molecule has 2 aromatic rings. The molecule has 2 aromatic carbocycles. The van der Waals surface area contributed by atoms with Gasteiger partial charge in [0.2, 0.25) is 0 Å². The van der Waals surface area contributed by atoms with Gasteiger partial charge < -0.3 is 9.84 Å². The third kappa shape index (κ3) is 3.64. The smallest absolute Gasteiger partial charge is 0.165 e. The molecule has 0 spiro atoms. The number of ether oxygens (including phenoxy) is 1. The number of aryl methyl sites for hydroxylation is 1. The Balaban J connectivity index is 2.19. The molecule has 0 fully saturated rings. The zero-order valence-electron chi connectivity index (χ0n) is 11.5. The van der Waals surface area contributed by atoms with Crippen LogP contribution in [0.2, 0.25) is 5.02 Å². The molecule has 2 nitrogen and oxygen atoms in total. The van der Waals surface area contributed by atoms with E-state index in [9.17, 15) is 13.9 Å². The van der Waals surface area contributed by atoms with E-state index in [1.54, 1.807) is 0 Å². The van der Waals surface area contributed by atoms with Gasteiger partial charge in [-0.05, 0) is 30.2 Å². The van der Waals surface area contributed by atoms with Gasteiger partial charge in [0.25, 0.3) is 0 Å². The van der Waals surface area contributed by atoms with Crippen LogP contribution in [-0.2, 0) is 13.0 Å². The lowest BCUT2D eigenvalue weighted by Gasteiger charge is -2.11. The largest absolute Gasteiger partial charge is 0.508 e. The molecule has 21 heavy (non-hydrogen) atoms. The van der Waals surface area contributed by atoms with Gasteiger partial charge in [0, 0.05) is 11.6 Å². The number of phenolic OH excluding ortho intramolecular Hbond substituents is 1. The van der Waals surface area contributed by atoms with E-state index in [4.69, 9.17) is 16.3 Å². The summed E-state index contributed by atoms with van der Waals surface area (Å²) in [5.74, 6) is -1.28. The van der Waals surface area contributed by atoms with Gasteiger partial charge >= 0.3 is 0 Å². The molecule has 0 saturated carbocycles. The lowest BCUT2D eigenvalue weighted by atomic mass is 10.1. The first kappa shape index (κ1) is 15.6. The number of hydrogen-bond acceptors (Lipinski definition) is 2. The molecule has 0 aromatic heterocycles. The number of halogens is 3. The first-order valence-electron chi connectivity index (χ1n) is 6.60. The summed E-state index contributed by atoms with van der Waals surface area (Å²) in [5, 5.41) is 10.0. The van der Waals surface area contributed by atoms with Crippen molar-refractivity contribution in [3.05, 3.63) is 58.1 Å². The molecule has 2 rings (SSSR count). The SMILES string of the molecule is CCCc1cc(F)c(OCc2c(F)cccc2Cl)cc1O. The van der Waals surface area contributed by atoms with Crippen LogP contribution in [-0.4, -0.2) is 5.11 Å². The van der Waals surface area contributed by atoms with E-state index < -0.39 is 11.6 Å². The number of rotatable bonds is 5. The molecule has 0 unspecified atom stereocenters. The maximum Gasteiger partial charge on any atom is 0.165 e. The van der Waals surface area contributed by atoms with Gasteiger partial charge in [-0.1, -0.05) is 31.0 Å². The van der Waals surface area contributed by atoms with Crippen molar-refractivity contribution in [3.63, 3.8) is 0 Å². The average Bonchev–Trinajstić information content (AvgIpc) is 2.43.